The minimum atomic E-state index is -0.621. The average molecular weight is 485 g/mol. The number of nitriles is 1. The number of aryl methyl sites for hydroxylation is 1. The van der Waals surface area contributed by atoms with Crippen molar-refractivity contribution in [3.05, 3.63) is 82.2 Å². The molecule has 0 aliphatic rings. The predicted molar refractivity (Wildman–Crippen MR) is 134 cm³/mol. The Hall–Kier alpha value is -4.55. The molecule has 0 saturated heterocycles. The molecule has 0 radical (unpaired) electrons. The SMILES string of the molecule is CCOC(=O)c1csc(/N=N/c2c(O)c(C(=O)Nc3ccc(C)cc3)cc3ccccc23)c1C#N. The molecule has 9 heteroatoms. The first-order valence-corrected chi connectivity index (χ1v) is 11.5. The van der Waals surface area contributed by atoms with E-state index in [-0.39, 0.29) is 39.7 Å². The number of anilines is 1. The van der Waals surface area contributed by atoms with Crippen LogP contribution in [-0.4, -0.2) is 23.6 Å². The number of fused-ring (bicyclic) bond motifs is 1. The molecule has 0 fully saturated rings. The van der Waals surface area contributed by atoms with Crippen molar-refractivity contribution >= 4 is 50.4 Å². The van der Waals surface area contributed by atoms with Gasteiger partial charge >= 0.3 is 5.97 Å². The Morgan fingerprint density at radius 2 is 1.86 bits per heavy atom. The average Bonchev–Trinajstić information content (AvgIpc) is 3.27. The van der Waals surface area contributed by atoms with Crippen molar-refractivity contribution in [2.45, 2.75) is 13.8 Å². The Bertz CT molecular complexity index is 1500. The van der Waals surface area contributed by atoms with Crippen LogP contribution in [0.5, 0.6) is 5.75 Å². The Kier molecular flexibility index (Phi) is 6.85. The molecule has 3 aromatic carbocycles. The molecule has 4 aromatic rings. The van der Waals surface area contributed by atoms with Gasteiger partial charge in [0.25, 0.3) is 5.91 Å². The number of aromatic hydroxyl groups is 1. The van der Waals surface area contributed by atoms with E-state index >= 15 is 0 Å². The van der Waals surface area contributed by atoms with Gasteiger partial charge < -0.3 is 15.2 Å². The van der Waals surface area contributed by atoms with Gasteiger partial charge in [-0.15, -0.1) is 21.6 Å². The predicted octanol–water partition coefficient (Wildman–Crippen LogP) is 6.63. The van der Waals surface area contributed by atoms with E-state index in [4.69, 9.17) is 4.74 Å². The fourth-order valence-corrected chi connectivity index (χ4v) is 4.22. The molecule has 4 rings (SSSR count). The smallest absolute Gasteiger partial charge is 0.340 e. The molecule has 0 unspecified atom stereocenters. The number of carbonyl (C=O) groups excluding carboxylic acids is 2. The topological polar surface area (TPSA) is 124 Å². The van der Waals surface area contributed by atoms with Crippen LogP contribution in [0.3, 0.4) is 0 Å². The van der Waals surface area contributed by atoms with Crippen molar-refractivity contribution < 1.29 is 19.4 Å². The lowest BCUT2D eigenvalue weighted by Crippen LogP contribution is -2.12. The number of hydrogen-bond acceptors (Lipinski definition) is 8. The van der Waals surface area contributed by atoms with Gasteiger partial charge in [0.15, 0.2) is 10.8 Å². The Morgan fingerprint density at radius 1 is 1.11 bits per heavy atom. The summed E-state index contributed by atoms with van der Waals surface area (Å²) in [7, 11) is 0. The maximum Gasteiger partial charge on any atom is 0.340 e. The summed E-state index contributed by atoms with van der Waals surface area (Å²) < 4.78 is 4.98. The van der Waals surface area contributed by atoms with E-state index in [1.165, 1.54) is 5.38 Å². The largest absolute Gasteiger partial charge is 0.505 e. The third-order valence-corrected chi connectivity index (χ3v) is 6.03. The van der Waals surface area contributed by atoms with Gasteiger partial charge in [0, 0.05) is 16.5 Å². The standard InChI is InChI=1S/C26H20N4O4S/c1-3-34-26(33)21-14-35-25(20(21)13-27)30-29-22-18-7-5-4-6-16(18)12-19(23(22)31)24(32)28-17-10-8-15(2)9-11-17/h4-12,14,31H,3H2,1-2H3,(H,28,32)/b30-29+. The zero-order valence-corrected chi connectivity index (χ0v) is 19.7. The number of hydrogen-bond donors (Lipinski definition) is 2. The Morgan fingerprint density at radius 3 is 2.57 bits per heavy atom. The first-order valence-electron chi connectivity index (χ1n) is 10.7. The minimum absolute atomic E-state index is 0.0251. The second-order valence-electron chi connectivity index (χ2n) is 7.52. The summed E-state index contributed by atoms with van der Waals surface area (Å²) in [6, 6.07) is 17.9. The van der Waals surface area contributed by atoms with Crippen molar-refractivity contribution in [2.24, 2.45) is 10.2 Å². The monoisotopic (exact) mass is 484 g/mol. The van der Waals surface area contributed by atoms with Crippen LogP contribution >= 0.6 is 11.3 Å². The normalized spacial score (nSPS) is 10.9. The molecular formula is C26H20N4O4S. The van der Waals surface area contributed by atoms with Gasteiger partial charge in [-0.1, -0.05) is 42.0 Å². The van der Waals surface area contributed by atoms with E-state index in [1.54, 1.807) is 49.4 Å². The molecule has 2 N–H and O–H groups in total. The van der Waals surface area contributed by atoms with Crippen molar-refractivity contribution in [3.8, 4) is 11.8 Å². The van der Waals surface area contributed by atoms with Gasteiger partial charge in [0.05, 0.1) is 17.7 Å². The van der Waals surface area contributed by atoms with Crippen LogP contribution in [-0.2, 0) is 4.74 Å². The molecule has 0 bridgehead atoms. The number of carbonyl (C=O) groups is 2. The van der Waals surface area contributed by atoms with Gasteiger partial charge in [-0.3, -0.25) is 4.79 Å². The highest BCUT2D eigenvalue weighted by Gasteiger charge is 2.21. The molecule has 1 heterocycles. The van der Waals surface area contributed by atoms with Crippen LogP contribution < -0.4 is 5.32 Å². The van der Waals surface area contributed by atoms with Gasteiger partial charge in [-0.2, -0.15) is 5.26 Å². The number of phenols is 1. The van der Waals surface area contributed by atoms with Crippen LogP contribution in [0.2, 0.25) is 0 Å². The van der Waals surface area contributed by atoms with Crippen LogP contribution in [0.25, 0.3) is 10.8 Å². The summed E-state index contributed by atoms with van der Waals surface area (Å²) in [5.41, 5.74) is 1.88. The molecule has 1 amide bonds. The number of phenolic OH excluding ortho intramolecular Hbond substituents is 1. The summed E-state index contributed by atoms with van der Waals surface area (Å²) >= 11 is 1.05. The number of rotatable bonds is 6. The quantitative estimate of drug-likeness (QED) is 0.235. The second kappa shape index (κ2) is 10.2. The number of amides is 1. The van der Waals surface area contributed by atoms with E-state index in [0.29, 0.717) is 16.5 Å². The number of esters is 1. The van der Waals surface area contributed by atoms with E-state index in [9.17, 15) is 20.0 Å². The first-order chi connectivity index (χ1) is 16.9. The lowest BCUT2D eigenvalue weighted by Gasteiger charge is -2.11. The summed E-state index contributed by atoms with van der Waals surface area (Å²) in [6.45, 7) is 3.79. The lowest BCUT2D eigenvalue weighted by molar-refractivity contribution is 0.0526. The molecule has 1 aromatic heterocycles. The van der Waals surface area contributed by atoms with Crippen molar-refractivity contribution in [3.63, 3.8) is 0 Å². The van der Waals surface area contributed by atoms with Crippen molar-refractivity contribution in [2.75, 3.05) is 11.9 Å². The van der Waals surface area contributed by atoms with Gasteiger partial charge in [0.2, 0.25) is 0 Å². The molecule has 35 heavy (non-hydrogen) atoms. The number of nitrogens with zero attached hydrogens (tertiary/aromatic N) is 3. The number of thiophene rings is 1. The molecule has 0 spiro atoms. The summed E-state index contributed by atoms with van der Waals surface area (Å²) in [6.07, 6.45) is 0. The molecule has 0 aliphatic carbocycles. The summed E-state index contributed by atoms with van der Waals surface area (Å²) in [5.74, 6) is -1.48. The van der Waals surface area contributed by atoms with Crippen molar-refractivity contribution in [1.29, 1.82) is 5.26 Å². The summed E-state index contributed by atoms with van der Waals surface area (Å²) in [4.78, 5) is 25.1. The van der Waals surface area contributed by atoms with Gasteiger partial charge in [-0.25, -0.2) is 4.79 Å². The maximum atomic E-state index is 13.0. The summed E-state index contributed by atoms with van der Waals surface area (Å²) in [5, 5.41) is 34.6. The van der Waals surface area contributed by atoms with Crippen LogP contribution in [0.4, 0.5) is 16.4 Å². The van der Waals surface area contributed by atoms with E-state index in [1.807, 2.05) is 25.1 Å². The highest BCUT2D eigenvalue weighted by atomic mass is 32.1. The van der Waals surface area contributed by atoms with Crippen LogP contribution in [0.15, 0.2) is 70.2 Å². The zero-order valence-electron chi connectivity index (χ0n) is 18.9. The number of azo groups is 1. The Labute approximate surface area is 205 Å². The third-order valence-electron chi connectivity index (χ3n) is 5.17. The fourth-order valence-electron chi connectivity index (χ4n) is 3.41. The molecule has 0 aliphatic heterocycles. The number of benzene rings is 3. The van der Waals surface area contributed by atoms with Crippen molar-refractivity contribution in [1.82, 2.24) is 0 Å². The van der Waals surface area contributed by atoms with Gasteiger partial charge in [-0.05, 0) is 37.4 Å². The molecular weight excluding hydrogens is 464 g/mol. The first kappa shape index (κ1) is 23.6. The van der Waals surface area contributed by atoms with Crippen LogP contribution in [0, 0.1) is 18.3 Å². The van der Waals surface area contributed by atoms with E-state index < -0.39 is 11.9 Å². The molecule has 0 atom stereocenters. The lowest BCUT2D eigenvalue weighted by atomic mass is 10.0. The molecule has 8 nitrogen and oxygen atoms in total. The minimum Gasteiger partial charge on any atom is -0.505 e. The third kappa shape index (κ3) is 4.88. The highest BCUT2D eigenvalue weighted by Crippen LogP contribution is 2.41. The van der Waals surface area contributed by atoms with Gasteiger partial charge in [0.1, 0.15) is 17.3 Å². The van der Waals surface area contributed by atoms with Crippen LogP contribution in [0.1, 0.15) is 38.8 Å². The number of ether oxygens (including phenoxy) is 1. The van der Waals surface area contributed by atoms with E-state index in [2.05, 4.69) is 15.5 Å². The highest BCUT2D eigenvalue weighted by molar-refractivity contribution is 7.14. The second-order valence-corrected chi connectivity index (χ2v) is 8.38. The molecule has 174 valence electrons. The number of nitrogens with one attached hydrogen (secondary N) is 1. The Balaban J connectivity index is 1.75. The maximum absolute atomic E-state index is 13.0. The molecule has 0 saturated carbocycles. The van der Waals surface area contributed by atoms with E-state index in [0.717, 1.165) is 16.9 Å². The fraction of sp³-hybridized carbons (Fsp3) is 0.115. The zero-order chi connectivity index (χ0) is 24.9.